The lowest BCUT2D eigenvalue weighted by Gasteiger charge is -2.34. The van der Waals surface area contributed by atoms with Crippen LogP contribution in [0.5, 0.6) is 0 Å². The van der Waals surface area contributed by atoms with E-state index in [1.165, 1.54) is 11.3 Å². The highest BCUT2D eigenvalue weighted by Crippen LogP contribution is 2.23. The smallest absolute Gasteiger partial charge is 0.282 e. The summed E-state index contributed by atoms with van der Waals surface area (Å²) < 4.78 is 2.64. The van der Waals surface area contributed by atoms with Gasteiger partial charge in [-0.15, -0.1) is 11.3 Å². The zero-order chi connectivity index (χ0) is 19.8. The van der Waals surface area contributed by atoms with Gasteiger partial charge in [0.05, 0.1) is 22.5 Å². The van der Waals surface area contributed by atoms with Crippen molar-refractivity contribution in [3.05, 3.63) is 57.0 Å². The maximum absolute atomic E-state index is 12.8. The second kappa shape index (κ2) is 7.68. The number of hydrogen-bond donors (Lipinski definition) is 0. The molecule has 1 aliphatic carbocycles. The van der Waals surface area contributed by atoms with Gasteiger partial charge in [-0.05, 0) is 37.0 Å². The first-order chi connectivity index (χ1) is 14.2. The van der Waals surface area contributed by atoms with E-state index in [4.69, 9.17) is 0 Å². The summed E-state index contributed by atoms with van der Waals surface area (Å²) in [5.41, 5.74) is 3.08. The van der Waals surface area contributed by atoms with Crippen LogP contribution in [0.25, 0.3) is 10.2 Å². The molecule has 0 N–H and O–H groups in total. The zero-order valence-electron chi connectivity index (χ0n) is 16.2. The Morgan fingerprint density at radius 3 is 2.72 bits per heavy atom. The van der Waals surface area contributed by atoms with Crippen LogP contribution in [0.2, 0.25) is 0 Å². The molecule has 0 atom stereocenters. The van der Waals surface area contributed by atoms with Crippen LogP contribution in [0.4, 0.5) is 0 Å². The molecule has 2 aromatic heterocycles. The molecule has 5 rings (SSSR count). The summed E-state index contributed by atoms with van der Waals surface area (Å²) in [4.78, 5) is 33.7. The Hall–Kier alpha value is -2.58. The molecule has 1 saturated heterocycles. The first-order valence-corrected chi connectivity index (χ1v) is 11.0. The second-order valence-electron chi connectivity index (χ2n) is 7.65. The summed E-state index contributed by atoms with van der Waals surface area (Å²) in [5, 5.41) is 5.11. The average Bonchev–Trinajstić information content (AvgIpc) is 3.38. The van der Waals surface area contributed by atoms with E-state index in [2.05, 4.69) is 15.0 Å². The number of carbonyl (C=O) groups excluding carboxylic acids is 1. The minimum atomic E-state index is -0.00435. The lowest BCUT2D eigenvalue weighted by Crippen LogP contribution is -2.49. The van der Waals surface area contributed by atoms with Crippen molar-refractivity contribution >= 4 is 27.5 Å². The van der Waals surface area contributed by atoms with Gasteiger partial charge in [0.15, 0.2) is 5.01 Å². The van der Waals surface area contributed by atoms with Crippen LogP contribution in [0.3, 0.4) is 0 Å². The summed E-state index contributed by atoms with van der Waals surface area (Å²) in [6.07, 6.45) is 3.04. The number of hydrogen-bond acceptors (Lipinski definition) is 6. The maximum Gasteiger partial charge on any atom is 0.282 e. The number of aromatic nitrogens is 3. The van der Waals surface area contributed by atoms with E-state index in [1.807, 2.05) is 29.2 Å². The van der Waals surface area contributed by atoms with Crippen LogP contribution in [0.15, 0.2) is 35.1 Å². The fourth-order valence-corrected chi connectivity index (χ4v) is 5.04. The summed E-state index contributed by atoms with van der Waals surface area (Å²) in [6.45, 7) is 4.34. The molecule has 1 aliphatic heterocycles. The van der Waals surface area contributed by atoms with Gasteiger partial charge in [-0.2, -0.15) is 5.10 Å². The third-order valence-electron chi connectivity index (χ3n) is 5.79. The molecular formula is C21H23N5O2S. The molecule has 8 heteroatoms. The molecule has 2 aliphatic rings. The highest BCUT2D eigenvalue weighted by atomic mass is 32.1. The number of benzene rings is 1. The van der Waals surface area contributed by atoms with Crippen LogP contribution < -0.4 is 5.56 Å². The number of piperazine rings is 1. The Labute approximate surface area is 172 Å². The van der Waals surface area contributed by atoms with Crippen LogP contribution in [-0.2, 0) is 19.4 Å². The van der Waals surface area contributed by atoms with Gasteiger partial charge >= 0.3 is 0 Å². The van der Waals surface area contributed by atoms with E-state index in [0.717, 1.165) is 60.4 Å². The van der Waals surface area contributed by atoms with Crippen molar-refractivity contribution < 1.29 is 4.79 Å². The first kappa shape index (κ1) is 18.4. The van der Waals surface area contributed by atoms with Crippen molar-refractivity contribution in [2.75, 3.05) is 32.7 Å². The minimum absolute atomic E-state index is 0.00435. The van der Waals surface area contributed by atoms with Gasteiger partial charge < -0.3 is 4.90 Å². The molecule has 150 valence electrons. The second-order valence-corrected chi connectivity index (χ2v) is 8.68. The van der Waals surface area contributed by atoms with Gasteiger partial charge in [0.1, 0.15) is 0 Å². The van der Waals surface area contributed by atoms with Crippen molar-refractivity contribution in [3.63, 3.8) is 0 Å². The van der Waals surface area contributed by atoms with Gasteiger partial charge in [-0.25, -0.2) is 9.67 Å². The summed E-state index contributed by atoms with van der Waals surface area (Å²) in [5.74, 6) is 0.0161. The van der Waals surface area contributed by atoms with E-state index < -0.39 is 0 Å². The van der Waals surface area contributed by atoms with E-state index in [1.54, 1.807) is 10.7 Å². The predicted molar refractivity (Wildman–Crippen MR) is 112 cm³/mol. The quantitative estimate of drug-likeness (QED) is 0.657. The Kier molecular flexibility index (Phi) is 4.89. The Bertz CT molecular complexity index is 1080. The zero-order valence-corrected chi connectivity index (χ0v) is 17.0. The summed E-state index contributed by atoms with van der Waals surface area (Å²) in [7, 11) is 0. The maximum atomic E-state index is 12.8. The molecule has 3 aromatic rings. The van der Waals surface area contributed by atoms with Crippen molar-refractivity contribution in [2.24, 2.45) is 0 Å². The molecule has 1 fully saturated rings. The number of fused-ring (bicyclic) bond motifs is 2. The van der Waals surface area contributed by atoms with Crippen molar-refractivity contribution in [1.29, 1.82) is 0 Å². The van der Waals surface area contributed by atoms with Crippen molar-refractivity contribution in [1.82, 2.24) is 24.6 Å². The highest BCUT2D eigenvalue weighted by molar-refractivity contribution is 7.20. The van der Waals surface area contributed by atoms with Crippen molar-refractivity contribution in [2.45, 2.75) is 25.8 Å². The molecule has 3 heterocycles. The third kappa shape index (κ3) is 3.70. The van der Waals surface area contributed by atoms with E-state index in [0.29, 0.717) is 24.6 Å². The molecule has 0 bridgehead atoms. The first-order valence-electron chi connectivity index (χ1n) is 10.1. The van der Waals surface area contributed by atoms with E-state index in [9.17, 15) is 9.59 Å². The van der Waals surface area contributed by atoms with Gasteiger partial charge in [0.2, 0.25) is 0 Å². The Morgan fingerprint density at radius 2 is 1.90 bits per heavy atom. The van der Waals surface area contributed by atoms with Gasteiger partial charge in [-0.1, -0.05) is 12.1 Å². The summed E-state index contributed by atoms with van der Waals surface area (Å²) in [6, 6.07) is 9.60. The number of rotatable bonds is 4. The monoisotopic (exact) mass is 409 g/mol. The Morgan fingerprint density at radius 1 is 1.07 bits per heavy atom. The molecule has 1 amide bonds. The van der Waals surface area contributed by atoms with Crippen LogP contribution in [0, 0.1) is 0 Å². The molecule has 1 aromatic carbocycles. The lowest BCUT2D eigenvalue weighted by molar-refractivity contribution is 0.0631. The molecule has 7 nitrogen and oxygen atoms in total. The van der Waals surface area contributed by atoms with Gasteiger partial charge in [0.25, 0.3) is 11.5 Å². The van der Waals surface area contributed by atoms with Gasteiger partial charge in [-0.3, -0.25) is 14.5 Å². The molecule has 0 saturated carbocycles. The lowest BCUT2D eigenvalue weighted by atomic mass is 10.2. The molecule has 0 unspecified atom stereocenters. The summed E-state index contributed by atoms with van der Waals surface area (Å²) >= 11 is 1.46. The van der Waals surface area contributed by atoms with E-state index in [-0.39, 0.29) is 11.5 Å². The normalized spacial score (nSPS) is 17.0. The largest absolute Gasteiger partial charge is 0.334 e. The number of amides is 1. The van der Waals surface area contributed by atoms with Crippen LogP contribution in [0.1, 0.15) is 27.5 Å². The average molecular weight is 410 g/mol. The number of carbonyl (C=O) groups is 1. The van der Waals surface area contributed by atoms with Crippen LogP contribution in [-0.4, -0.2) is 63.2 Å². The highest BCUT2D eigenvalue weighted by Gasteiger charge is 2.24. The predicted octanol–water partition coefficient (Wildman–Crippen LogP) is 1.80. The molecular weight excluding hydrogens is 386 g/mol. The van der Waals surface area contributed by atoms with E-state index >= 15 is 0 Å². The van der Waals surface area contributed by atoms with Gasteiger partial charge in [0, 0.05) is 38.8 Å². The molecule has 29 heavy (non-hydrogen) atoms. The number of nitrogens with zero attached hydrogens (tertiary/aromatic N) is 5. The number of aryl methyl sites for hydroxylation is 2. The number of para-hydroxylation sites is 1. The van der Waals surface area contributed by atoms with Crippen LogP contribution >= 0.6 is 11.3 Å². The fourth-order valence-electron chi connectivity index (χ4n) is 4.11. The standard InChI is InChI=1S/C21H23N5O2S/c27-19-14-15-4-3-6-16(15)23-26(19)13-10-24-8-11-25(12-9-24)21(28)20-22-17-5-1-2-7-18(17)29-20/h1-2,5,7,14H,3-4,6,8-13H2. The fraction of sp³-hybridized carbons (Fsp3) is 0.429. The molecule has 0 radical (unpaired) electrons. The van der Waals surface area contributed by atoms with Crippen molar-refractivity contribution in [3.8, 4) is 0 Å². The topological polar surface area (TPSA) is 71.3 Å². The third-order valence-corrected chi connectivity index (χ3v) is 6.81. The number of thiazole rings is 1. The molecule has 0 spiro atoms. The Balaban J connectivity index is 1.17. The minimum Gasteiger partial charge on any atom is -0.334 e. The SMILES string of the molecule is O=C(c1nc2ccccc2s1)N1CCN(CCn2nc3c(cc2=O)CCC3)CC1.